The van der Waals surface area contributed by atoms with Crippen molar-refractivity contribution in [1.29, 1.82) is 0 Å². The standard InChI is InChI=1S/C19H28N2O4/c1-11-12(2)17(23)15(13(3)16(11)22)7-8-19(4,25)18(24)21-14-6-5-9-20-10-14/h14,20,25H,5-10H2,1-4H3,(H,21,24)/t14-,19?/m0/s1. The molecule has 6 nitrogen and oxygen atoms in total. The van der Waals surface area contributed by atoms with E-state index in [1.54, 1.807) is 20.8 Å². The Balaban J connectivity index is 2.02. The molecule has 3 N–H and O–H groups in total. The number of piperidine rings is 1. The minimum Gasteiger partial charge on any atom is -0.380 e. The van der Waals surface area contributed by atoms with E-state index in [2.05, 4.69) is 10.6 Å². The van der Waals surface area contributed by atoms with Crippen molar-refractivity contribution in [2.45, 2.75) is 65.0 Å². The first-order chi connectivity index (χ1) is 11.6. The number of hydrogen-bond acceptors (Lipinski definition) is 5. The fourth-order valence-corrected chi connectivity index (χ4v) is 3.25. The van der Waals surface area contributed by atoms with E-state index in [1.807, 2.05) is 0 Å². The molecule has 0 aromatic carbocycles. The molecule has 1 aliphatic carbocycles. The molecule has 0 radical (unpaired) electrons. The van der Waals surface area contributed by atoms with E-state index >= 15 is 0 Å². The molecule has 25 heavy (non-hydrogen) atoms. The molecule has 0 aromatic rings. The van der Waals surface area contributed by atoms with E-state index in [-0.39, 0.29) is 30.4 Å². The summed E-state index contributed by atoms with van der Waals surface area (Å²) in [7, 11) is 0. The summed E-state index contributed by atoms with van der Waals surface area (Å²) in [6.45, 7) is 8.02. The molecule has 0 bridgehead atoms. The maximum Gasteiger partial charge on any atom is 0.251 e. The van der Waals surface area contributed by atoms with Gasteiger partial charge in [-0.15, -0.1) is 0 Å². The lowest BCUT2D eigenvalue weighted by molar-refractivity contribution is -0.139. The molecule has 1 fully saturated rings. The van der Waals surface area contributed by atoms with Crippen LogP contribution in [-0.4, -0.2) is 47.3 Å². The van der Waals surface area contributed by atoms with Crippen molar-refractivity contribution in [2.24, 2.45) is 0 Å². The molecular formula is C19H28N2O4. The van der Waals surface area contributed by atoms with E-state index in [1.165, 1.54) is 6.92 Å². The number of carbonyl (C=O) groups is 3. The number of nitrogens with one attached hydrogen (secondary N) is 2. The molecular weight excluding hydrogens is 320 g/mol. The Morgan fingerprint density at radius 1 is 1.20 bits per heavy atom. The molecule has 0 aromatic heterocycles. The van der Waals surface area contributed by atoms with Gasteiger partial charge in [0.25, 0.3) is 5.91 Å². The fourth-order valence-electron chi connectivity index (χ4n) is 3.25. The molecule has 1 saturated heterocycles. The SMILES string of the molecule is CC1=C(C)C(=O)C(CCC(C)(O)C(=O)N[C@H]2CCCNC2)=C(C)C1=O. The van der Waals surface area contributed by atoms with Gasteiger partial charge in [-0.1, -0.05) is 0 Å². The van der Waals surface area contributed by atoms with E-state index in [0.29, 0.717) is 28.8 Å². The molecule has 138 valence electrons. The van der Waals surface area contributed by atoms with Crippen LogP contribution in [0.2, 0.25) is 0 Å². The largest absolute Gasteiger partial charge is 0.380 e. The van der Waals surface area contributed by atoms with Crippen LogP contribution < -0.4 is 10.6 Å². The topological polar surface area (TPSA) is 95.5 Å². The lowest BCUT2D eigenvalue weighted by Crippen LogP contribution is -2.52. The van der Waals surface area contributed by atoms with Gasteiger partial charge < -0.3 is 15.7 Å². The Bertz CT molecular complexity index is 652. The van der Waals surface area contributed by atoms with Crippen LogP contribution in [0.1, 0.15) is 53.4 Å². The quantitative estimate of drug-likeness (QED) is 0.649. The normalized spacial score (nSPS) is 24.4. The lowest BCUT2D eigenvalue weighted by Gasteiger charge is -2.29. The smallest absolute Gasteiger partial charge is 0.251 e. The van der Waals surface area contributed by atoms with Gasteiger partial charge in [-0.3, -0.25) is 14.4 Å². The number of ketones is 2. The average Bonchev–Trinajstić information content (AvgIpc) is 2.59. The van der Waals surface area contributed by atoms with Crippen LogP contribution in [-0.2, 0) is 14.4 Å². The highest BCUT2D eigenvalue weighted by Gasteiger charge is 2.34. The summed E-state index contributed by atoms with van der Waals surface area (Å²) in [5, 5.41) is 16.6. The van der Waals surface area contributed by atoms with Gasteiger partial charge in [-0.2, -0.15) is 0 Å². The fraction of sp³-hybridized carbons (Fsp3) is 0.632. The summed E-state index contributed by atoms with van der Waals surface area (Å²) in [5.74, 6) is -0.732. The van der Waals surface area contributed by atoms with Crippen LogP contribution in [0.15, 0.2) is 22.3 Å². The number of aliphatic hydroxyl groups is 1. The van der Waals surface area contributed by atoms with Gasteiger partial charge >= 0.3 is 0 Å². The summed E-state index contributed by atoms with van der Waals surface area (Å²) in [4.78, 5) is 37.0. The van der Waals surface area contributed by atoms with Crippen molar-refractivity contribution < 1.29 is 19.5 Å². The third-order valence-electron chi connectivity index (χ3n) is 5.29. The Hall–Kier alpha value is -1.79. The van der Waals surface area contributed by atoms with Gasteiger partial charge in [0.1, 0.15) is 5.60 Å². The second-order valence-electron chi connectivity index (χ2n) is 7.30. The summed E-state index contributed by atoms with van der Waals surface area (Å²) in [5.41, 5.74) is 0.155. The van der Waals surface area contributed by atoms with Crippen molar-refractivity contribution in [2.75, 3.05) is 13.1 Å². The van der Waals surface area contributed by atoms with Crippen LogP contribution in [0.3, 0.4) is 0 Å². The van der Waals surface area contributed by atoms with E-state index in [4.69, 9.17) is 0 Å². The highest BCUT2D eigenvalue weighted by atomic mass is 16.3. The zero-order chi connectivity index (χ0) is 18.8. The monoisotopic (exact) mass is 348 g/mol. The first-order valence-electron chi connectivity index (χ1n) is 8.86. The molecule has 0 saturated carbocycles. The van der Waals surface area contributed by atoms with Crippen molar-refractivity contribution >= 4 is 17.5 Å². The first kappa shape index (κ1) is 19.5. The second kappa shape index (κ2) is 7.62. The van der Waals surface area contributed by atoms with Crippen molar-refractivity contribution in [1.82, 2.24) is 10.6 Å². The molecule has 2 rings (SSSR count). The third kappa shape index (κ3) is 4.25. The van der Waals surface area contributed by atoms with E-state index in [0.717, 1.165) is 19.4 Å². The van der Waals surface area contributed by atoms with Crippen LogP contribution in [0.5, 0.6) is 0 Å². The van der Waals surface area contributed by atoms with Crippen molar-refractivity contribution in [3.05, 3.63) is 22.3 Å². The highest BCUT2D eigenvalue weighted by molar-refractivity contribution is 6.24. The summed E-state index contributed by atoms with van der Waals surface area (Å²) < 4.78 is 0. The van der Waals surface area contributed by atoms with Gasteiger partial charge in [0.15, 0.2) is 11.6 Å². The number of rotatable bonds is 5. The van der Waals surface area contributed by atoms with Gasteiger partial charge in [0.05, 0.1) is 0 Å². The Morgan fingerprint density at radius 2 is 1.84 bits per heavy atom. The van der Waals surface area contributed by atoms with Gasteiger partial charge in [0, 0.05) is 34.9 Å². The summed E-state index contributed by atoms with van der Waals surface area (Å²) >= 11 is 0. The summed E-state index contributed by atoms with van der Waals surface area (Å²) in [6, 6.07) is 0.0133. The van der Waals surface area contributed by atoms with Crippen LogP contribution in [0, 0.1) is 0 Å². The van der Waals surface area contributed by atoms with Gasteiger partial charge in [0.2, 0.25) is 0 Å². The number of hydrogen-bond donors (Lipinski definition) is 3. The van der Waals surface area contributed by atoms with E-state index in [9.17, 15) is 19.5 Å². The van der Waals surface area contributed by atoms with Crippen molar-refractivity contribution in [3.8, 4) is 0 Å². The van der Waals surface area contributed by atoms with Crippen LogP contribution >= 0.6 is 0 Å². The molecule has 2 atom stereocenters. The van der Waals surface area contributed by atoms with Crippen LogP contribution in [0.4, 0.5) is 0 Å². The van der Waals surface area contributed by atoms with Crippen LogP contribution in [0.25, 0.3) is 0 Å². The Morgan fingerprint density at radius 3 is 2.44 bits per heavy atom. The second-order valence-corrected chi connectivity index (χ2v) is 7.30. The molecule has 1 heterocycles. The number of Topliss-reactive ketones (excluding diaryl/α,β-unsaturated/α-hetero) is 2. The minimum absolute atomic E-state index is 0.0133. The predicted octanol–water partition coefficient (Wildman–Crippen LogP) is 1.19. The zero-order valence-electron chi connectivity index (χ0n) is 15.5. The van der Waals surface area contributed by atoms with Gasteiger partial charge in [-0.05, 0) is 59.9 Å². The molecule has 1 amide bonds. The Labute approximate surface area is 148 Å². The maximum atomic E-state index is 12.4. The van der Waals surface area contributed by atoms with Gasteiger partial charge in [-0.25, -0.2) is 0 Å². The first-order valence-corrected chi connectivity index (χ1v) is 8.86. The number of amides is 1. The number of allylic oxidation sites excluding steroid dienone is 4. The summed E-state index contributed by atoms with van der Waals surface area (Å²) in [6.07, 6.45) is 2.16. The number of carbonyl (C=O) groups excluding carboxylic acids is 3. The zero-order valence-corrected chi connectivity index (χ0v) is 15.5. The lowest BCUT2D eigenvalue weighted by atomic mass is 9.82. The van der Waals surface area contributed by atoms with E-state index < -0.39 is 11.5 Å². The third-order valence-corrected chi connectivity index (χ3v) is 5.29. The van der Waals surface area contributed by atoms with Crippen molar-refractivity contribution in [3.63, 3.8) is 0 Å². The maximum absolute atomic E-state index is 12.4. The molecule has 1 aliphatic heterocycles. The molecule has 1 unspecified atom stereocenters. The average molecular weight is 348 g/mol. The molecule has 0 spiro atoms. The predicted molar refractivity (Wildman–Crippen MR) is 95.0 cm³/mol. The Kier molecular flexibility index (Phi) is 5.95. The highest BCUT2D eigenvalue weighted by Crippen LogP contribution is 2.29. The molecule has 2 aliphatic rings. The molecule has 6 heteroatoms. The minimum atomic E-state index is -1.59.